The van der Waals surface area contributed by atoms with E-state index in [-0.39, 0.29) is 5.75 Å². The fourth-order valence-electron chi connectivity index (χ4n) is 1.71. The Morgan fingerprint density at radius 3 is 2.41 bits per heavy atom. The van der Waals surface area contributed by atoms with Crippen LogP contribution >= 0.6 is 0 Å². The van der Waals surface area contributed by atoms with Crippen molar-refractivity contribution in [3.63, 3.8) is 0 Å². The molecule has 0 radical (unpaired) electrons. The van der Waals surface area contributed by atoms with Gasteiger partial charge in [0.05, 0.1) is 4.90 Å². The molecule has 0 saturated heterocycles. The molecule has 0 bridgehead atoms. The second-order valence-corrected chi connectivity index (χ2v) is 4.70. The van der Waals surface area contributed by atoms with E-state index in [0.29, 0.717) is 16.0 Å². The van der Waals surface area contributed by atoms with Gasteiger partial charge in [0.1, 0.15) is 5.75 Å². The molecule has 2 rings (SSSR count). The molecule has 2 aromatic carbocycles. The Labute approximate surface area is 102 Å². The lowest BCUT2D eigenvalue weighted by Gasteiger charge is -2.08. The van der Waals surface area contributed by atoms with Crippen molar-refractivity contribution >= 4 is 11.1 Å². The quantitative estimate of drug-likeness (QED) is 0.803. The van der Waals surface area contributed by atoms with Gasteiger partial charge in [0.2, 0.25) is 0 Å². The van der Waals surface area contributed by atoms with Crippen LogP contribution in [0.4, 0.5) is 0 Å². The zero-order valence-corrected chi connectivity index (χ0v) is 10.1. The Bertz CT molecular complexity index is 579. The summed E-state index contributed by atoms with van der Waals surface area (Å²) < 4.78 is 20.4. The molecule has 0 aliphatic heterocycles. The van der Waals surface area contributed by atoms with Gasteiger partial charge in [-0.2, -0.15) is 0 Å². The number of phenolic OH excluding ortho intramolecular Hbond substituents is 1. The Balaban J connectivity index is 2.64. The summed E-state index contributed by atoms with van der Waals surface area (Å²) in [5.41, 5.74) is 2.08. The van der Waals surface area contributed by atoms with Gasteiger partial charge in [0, 0.05) is 11.1 Å². The summed E-state index contributed by atoms with van der Waals surface area (Å²) in [6.07, 6.45) is 0. The maximum absolute atomic E-state index is 11.2. The van der Waals surface area contributed by atoms with Crippen molar-refractivity contribution in [2.24, 2.45) is 0 Å². The van der Waals surface area contributed by atoms with Crippen molar-refractivity contribution in [1.82, 2.24) is 0 Å². The summed E-state index contributed by atoms with van der Waals surface area (Å²) in [5, 5.41) is 9.87. The summed E-state index contributed by atoms with van der Waals surface area (Å²) in [4.78, 5) is 0.298. The molecule has 1 unspecified atom stereocenters. The van der Waals surface area contributed by atoms with Crippen molar-refractivity contribution < 1.29 is 13.9 Å². The van der Waals surface area contributed by atoms with Crippen LogP contribution in [0.3, 0.4) is 0 Å². The number of phenols is 1. The minimum Gasteiger partial charge on any atom is -0.507 e. The predicted octanol–water partition coefficient (Wildman–Crippen LogP) is 2.95. The minimum atomic E-state index is -2.07. The fourth-order valence-corrected chi connectivity index (χ4v) is 2.27. The standard InChI is InChI=1S/C13H12O3S/c1-9-6-7-10(12(14)8-9)11-4-2-3-5-13(11)17(15)16/h2-8,14H,1H3,(H,15,16). The number of hydrogen-bond acceptors (Lipinski definition) is 2. The van der Waals surface area contributed by atoms with E-state index in [1.54, 1.807) is 36.4 Å². The van der Waals surface area contributed by atoms with E-state index < -0.39 is 11.1 Å². The smallest absolute Gasteiger partial charge is 0.187 e. The van der Waals surface area contributed by atoms with Gasteiger partial charge in [-0.25, -0.2) is 4.21 Å². The van der Waals surface area contributed by atoms with Crippen LogP contribution in [-0.2, 0) is 11.1 Å². The third-order valence-corrected chi connectivity index (χ3v) is 3.25. The monoisotopic (exact) mass is 248 g/mol. The summed E-state index contributed by atoms with van der Waals surface area (Å²) >= 11 is -2.07. The van der Waals surface area contributed by atoms with Crippen LogP contribution in [0, 0.1) is 6.92 Å². The second kappa shape index (κ2) is 4.69. The maximum Gasteiger partial charge on any atom is 0.187 e. The number of hydrogen-bond donors (Lipinski definition) is 2. The minimum absolute atomic E-state index is 0.114. The van der Waals surface area contributed by atoms with Gasteiger partial charge >= 0.3 is 0 Å². The Morgan fingerprint density at radius 2 is 1.76 bits per heavy atom. The molecule has 3 nitrogen and oxygen atoms in total. The highest BCUT2D eigenvalue weighted by molar-refractivity contribution is 7.79. The second-order valence-electron chi connectivity index (χ2n) is 3.77. The average Bonchev–Trinajstić information content (AvgIpc) is 2.29. The van der Waals surface area contributed by atoms with Crippen molar-refractivity contribution in [3.8, 4) is 16.9 Å². The molecule has 0 fully saturated rings. The van der Waals surface area contributed by atoms with Gasteiger partial charge in [-0.3, -0.25) is 0 Å². The first-order valence-electron chi connectivity index (χ1n) is 5.09. The van der Waals surface area contributed by atoms with E-state index in [2.05, 4.69) is 0 Å². The van der Waals surface area contributed by atoms with E-state index in [4.69, 9.17) is 0 Å². The van der Waals surface area contributed by atoms with E-state index in [0.717, 1.165) is 5.56 Å². The third-order valence-electron chi connectivity index (χ3n) is 2.52. The number of aryl methyl sites for hydroxylation is 1. The summed E-state index contributed by atoms with van der Waals surface area (Å²) in [6, 6.07) is 12.0. The highest BCUT2D eigenvalue weighted by Crippen LogP contribution is 2.33. The van der Waals surface area contributed by atoms with Crippen LogP contribution in [0.25, 0.3) is 11.1 Å². The Kier molecular flexibility index (Phi) is 3.26. The Morgan fingerprint density at radius 1 is 1.06 bits per heavy atom. The van der Waals surface area contributed by atoms with Gasteiger partial charge in [0.25, 0.3) is 0 Å². The maximum atomic E-state index is 11.2. The molecule has 0 amide bonds. The van der Waals surface area contributed by atoms with E-state index in [1.807, 2.05) is 13.0 Å². The molecule has 0 heterocycles. The van der Waals surface area contributed by atoms with Crippen molar-refractivity contribution in [2.75, 3.05) is 0 Å². The van der Waals surface area contributed by atoms with Crippen LogP contribution in [0.1, 0.15) is 5.56 Å². The number of benzene rings is 2. The first-order valence-corrected chi connectivity index (χ1v) is 6.20. The normalized spacial score (nSPS) is 12.4. The fraction of sp³-hybridized carbons (Fsp3) is 0.0769. The SMILES string of the molecule is Cc1ccc(-c2ccccc2S(=O)O)c(O)c1. The molecule has 0 spiro atoms. The van der Waals surface area contributed by atoms with Gasteiger partial charge in [-0.15, -0.1) is 0 Å². The van der Waals surface area contributed by atoms with E-state index in [1.165, 1.54) is 0 Å². The molecule has 4 heteroatoms. The van der Waals surface area contributed by atoms with Crippen molar-refractivity contribution in [3.05, 3.63) is 48.0 Å². The molecule has 0 aliphatic rings. The van der Waals surface area contributed by atoms with E-state index in [9.17, 15) is 13.9 Å². The Hall–Kier alpha value is -1.65. The van der Waals surface area contributed by atoms with Crippen LogP contribution in [0.15, 0.2) is 47.4 Å². The zero-order valence-electron chi connectivity index (χ0n) is 9.25. The molecule has 88 valence electrons. The molecule has 1 atom stereocenters. The number of rotatable bonds is 2. The van der Waals surface area contributed by atoms with Crippen molar-refractivity contribution in [2.45, 2.75) is 11.8 Å². The molecule has 2 aromatic rings. The van der Waals surface area contributed by atoms with Gasteiger partial charge in [-0.1, -0.05) is 30.3 Å². The lowest BCUT2D eigenvalue weighted by molar-refractivity contribution is 0.477. The molecule has 2 N–H and O–H groups in total. The van der Waals surface area contributed by atoms with Crippen molar-refractivity contribution in [1.29, 1.82) is 0 Å². The van der Waals surface area contributed by atoms with Crippen LogP contribution in [-0.4, -0.2) is 13.9 Å². The molecule has 0 aliphatic carbocycles. The first-order chi connectivity index (χ1) is 8.09. The predicted molar refractivity (Wildman–Crippen MR) is 67.3 cm³/mol. The lowest BCUT2D eigenvalue weighted by atomic mass is 10.0. The molecule has 0 saturated carbocycles. The summed E-state index contributed by atoms with van der Waals surface area (Å²) in [5.74, 6) is 0.114. The average molecular weight is 248 g/mol. The zero-order chi connectivity index (χ0) is 12.4. The van der Waals surface area contributed by atoms with Crippen LogP contribution in [0.5, 0.6) is 5.75 Å². The van der Waals surface area contributed by atoms with Gasteiger partial charge in [0.15, 0.2) is 11.1 Å². The van der Waals surface area contributed by atoms with Gasteiger partial charge in [-0.05, 0) is 24.6 Å². The largest absolute Gasteiger partial charge is 0.507 e. The lowest BCUT2D eigenvalue weighted by Crippen LogP contribution is -1.92. The molecule has 17 heavy (non-hydrogen) atoms. The summed E-state index contributed by atoms with van der Waals surface area (Å²) in [6.45, 7) is 1.87. The highest BCUT2D eigenvalue weighted by atomic mass is 32.2. The van der Waals surface area contributed by atoms with E-state index >= 15 is 0 Å². The molecular weight excluding hydrogens is 236 g/mol. The molecule has 0 aromatic heterocycles. The third kappa shape index (κ3) is 2.38. The van der Waals surface area contributed by atoms with Crippen LogP contribution in [0.2, 0.25) is 0 Å². The first kappa shape index (κ1) is 11.8. The number of aromatic hydroxyl groups is 1. The van der Waals surface area contributed by atoms with Gasteiger partial charge < -0.3 is 9.66 Å². The topological polar surface area (TPSA) is 57.5 Å². The van der Waals surface area contributed by atoms with Crippen LogP contribution < -0.4 is 0 Å². The summed E-state index contributed by atoms with van der Waals surface area (Å²) in [7, 11) is 0. The highest BCUT2D eigenvalue weighted by Gasteiger charge is 2.12. The molecular formula is C13H12O3S.